The molecule has 0 bridgehead atoms. The Morgan fingerprint density at radius 3 is 2.33 bits per heavy atom. The summed E-state index contributed by atoms with van der Waals surface area (Å²) >= 11 is 0. The highest BCUT2D eigenvalue weighted by molar-refractivity contribution is 5.20. The Bertz CT molecular complexity index is 351. The van der Waals surface area contributed by atoms with Crippen LogP contribution in [0.15, 0.2) is 30.3 Å². The molecule has 2 heteroatoms. The van der Waals surface area contributed by atoms with E-state index in [-0.39, 0.29) is 0 Å². The van der Waals surface area contributed by atoms with Gasteiger partial charge in [0.15, 0.2) is 0 Å². The van der Waals surface area contributed by atoms with Crippen LogP contribution in [0.5, 0.6) is 0 Å². The van der Waals surface area contributed by atoms with E-state index in [1.165, 1.54) is 44.3 Å². The molecular formula is C16H24N2. The molecule has 0 spiro atoms. The van der Waals surface area contributed by atoms with E-state index >= 15 is 0 Å². The standard InChI is InChI=1S/C16H24N2/c1-2-6-14(7-3-1)16(15-8-4-5-9-15)18-12-10-17-11-13-18/h1-3,6-7,15-17H,4-5,8-13H2/t16-/m0/s1. The molecule has 3 rings (SSSR count). The summed E-state index contributed by atoms with van der Waals surface area (Å²) in [5.41, 5.74) is 1.53. The molecule has 1 saturated heterocycles. The van der Waals surface area contributed by atoms with Crippen LogP contribution in [0.2, 0.25) is 0 Å². The van der Waals surface area contributed by atoms with Gasteiger partial charge in [0.05, 0.1) is 0 Å². The van der Waals surface area contributed by atoms with E-state index in [2.05, 4.69) is 40.5 Å². The van der Waals surface area contributed by atoms with Crippen LogP contribution in [-0.4, -0.2) is 31.1 Å². The van der Waals surface area contributed by atoms with Gasteiger partial charge in [-0.05, 0) is 24.3 Å². The molecule has 1 aromatic rings. The molecule has 2 aliphatic rings. The molecule has 1 aromatic carbocycles. The van der Waals surface area contributed by atoms with Crippen molar-refractivity contribution >= 4 is 0 Å². The first kappa shape index (κ1) is 12.2. The maximum atomic E-state index is 3.47. The fourth-order valence-corrected chi connectivity index (χ4v) is 3.66. The lowest BCUT2D eigenvalue weighted by Crippen LogP contribution is -2.46. The summed E-state index contributed by atoms with van der Waals surface area (Å²) in [6.45, 7) is 4.71. The van der Waals surface area contributed by atoms with Gasteiger partial charge >= 0.3 is 0 Å². The molecule has 0 aromatic heterocycles. The maximum absolute atomic E-state index is 3.47. The van der Waals surface area contributed by atoms with E-state index in [0.29, 0.717) is 6.04 Å². The first-order valence-corrected chi connectivity index (χ1v) is 7.45. The Kier molecular flexibility index (Phi) is 3.96. The summed E-state index contributed by atoms with van der Waals surface area (Å²) < 4.78 is 0. The summed E-state index contributed by atoms with van der Waals surface area (Å²) in [5, 5.41) is 3.47. The molecule has 1 aliphatic heterocycles. The minimum absolute atomic E-state index is 0.663. The summed E-state index contributed by atoms with van der Waals surface area (Å²) in [7, 11) is 0. The average Bonchev–Trinajstić information content (AvgIpc) is 2.95. The third-order valence-corrected chi connectivity index (χ3v) is 4.53. The highest BCUT2D eigenvalue weighted by atomic mass is 15.2. The van der Waals surface area contributed by atoms with Crippen LogP contribution in [0.4, 0.5) is 0 Å². The first-order chi connectivity index (χ1) is 8.95. The number of nitrogens with zero attached hydrogens (tertiary/aromatic N) is 1. The number of nitrogens with one attached hydrogen (secondary N) is 1. The number of benzene rings is 1. The van der Waals surface area contributed by atoms with Crippen molar-refractivity contribution in [2.45, 2.75) is 31.7 Å². The molecule has 0 radical (unpaired) electrons. The maximum Gasteiger partial charge on any atom is 0.0377 e. The fourth-order valence-electron chi connectivity index (χ4n) is 3.66. The van der Waals surface area contributed by atoms with Crippen molar-refractivity contribution in [2.75, 3.05) is 26.2 Å². The molecule has 98 valence electrons. The second-order valence-electron chi connectivity index (χ2n) is 5.69. The largest absolute Gasteiger partial charge is 0.314 e. The van der Waals surface area contributed by atoms with E-state index in [0.717, 1.165) is 19.0 Å². The molecule has 1 N–H and O–H groups in total. The predicted molar refractivity (Wildman–Crippen MR) is 75.6 cm³/mol. The van der Waals surface area contributed by atoms with Crippen molar-refractivity contribution in [3.05, 3.63) is 35.9 Å². The third kappa shape index (κ3) is 2.60. The topological polar surface area (TPSA) is 15.3 Å². The molecule has 1 heterocycles. The Balaban J connectivity index is 1.82. The van der Waals surface area contributed by atoms with Crippen molar-refractivity contribution in [3.63, 3.8) is 0 Å². The SMILES string of the molecule is c1ccc([C@@H](C2CCCC2)N2CCNCC2)cc1. The number of hydrogen-bond donors (Lipinski definition) is 1. The average molecular weight is 244 g/mol. The van der Waals surface area contributed by atoms with Gasteiger partial charge in [-0.2, -0.15) is 0 Å². The smallest absolute Gasteiger partial charge is 0.0377 e. The van der Waals surface area contributed by atoms with Crippen molar-refractivity contribution in [1.29, 1.82) is 0 Å². The summed E-state index contributed by atoms with van der Waals surface area (Å²) in [4.78, 5) is 2.71. The molecule has 2 fully saturated rings. The summed E-state index contributed by atoms with van der Waals surface area (Å²) in [6, 6.07) is 11.8. The van der Waals surface area contributed by atoms with Crippen LogP contribution in [0.25, 0.3) is 0 Å². The minimum Gasteiger partial charge on any atom is -0.314 e. The van der Waals surface area contributed by atoms with Crippen molar-refractivity contribution in [3.8, 4) is 0 Å². The first-order valence-electron chi connectivity index (χ1n) is 7.45. The summed E-state index contributed by atoms with van der Waals surface area (Å²) in [5.74, 6) is 0.880. The Morgan fingerprint density at radius 2 is 1.67 bits per heavy atom. The Morgan fingerprint density at radius 1 is 1.00 bits per heavy atom. The van der Waals surface area contributed by atoms with Crippen LogP contribution in [-0.2, 0) is 0 Å². The van der Waals surface area contributed by atoms with Crippen LogP contribution < -0.4 is 5.32 Å². The lowest BCUT2D eigenvalue weighted by Gasteiger charge is -2.38. The summed E-state index contributed by atoms with van der Waals surface area (Å²) in [6.07, 6.45) is 5.70. The second-order valence-corrected chi connectivity index (χ2v) is 5.69. The van der Waals surface area contributed by atoms with Gasteiger partial charge in [0, 0.05) is 32.2 Å². The normalized spacial score (nSPS) is 24.2. The molecule has 1 aliphatic carbocycles. The quantitative estimate of drug-likeness (QED) is 0.879. The van der Waals surface area contributed by atoms with Crippen LogP contribution in [0, 0.1) is 5.92 Å². The van der Waals surface area contributed by atoms with Crippen molar-refractivity contribution in [1.82, 2.24) is 10.2 Å². The van der Waals surface area contributed by atoms with Gasteiger partial charge in [0.2, 0.25) is 0 Å². The molecule has 18 heavy (non-hydrogen) atoms. The monoisotopic (exact) mass is 244 g/mol. The lowest BCUT2D eigenvalue weighted by molar-refractivity contribution is 0.125. The zero-order valence-electron chi connectivity index (χ0n) is 11.1. The highest BCUT2D eigenvalue weighted by Crippen LogP contribution is 2.39. The third-order valence-electron chi connectivity index (χ3n) is 4.53. The molecule has 1 atom stereocenters. The molecular weight excluding hydrogens is 220 g/mol. The minimum atomic E-state index is 0.663. The predicted octanol–water partition coefficient (Wildman–Crippen LogP) is 2.82. The fraction of sp³-hybridized carbons (Fsp3) is 0.625. The van der Waals surface area contributed by atoms with Crippen LogP contribution in [0.1, 0.15) is 37.3 Å². The van der Waals surface area contributed by atoms with Gasteiger partial charge in [-0.1, -0.05) is 43.2 Å². The molecule has 2 nitrogen and oxygen atoms in total. The van der Waals surface area contributed by atoms with Crippen LogP contribution in [0.3, 0.4) is 0 Å². The van der Waals surface area contributed by atoms with Gasteiger partial charge in [-0.25, -0.2) is 0 Å². The Hall–Kier alpha value is -0.860. The highest BCUT2D eigenvalue weighted by Gasteiger charge is 2.31. The van der Waals surface area contributed by atoms with E-state index in [4.69, 9.17) is 0 Å². The zero-order valence-corrected chi connectivity index (χ0v) is 11.1. The molecule has 0 amide bonds. The number of rotatable bonds is 3. The number of hydrogen-bond acceptors (Lipinski definition) is 2. The number of piperazine rings is 1. The second kappa shape index (κ2) is 5.85. The molecule has 1 saturated carbocycles. The van der Waals surface area contributed by atoms with Gasteiger partial charge < -0.3 is 5.32 Å². The van der Waals surface area contributed by atoms with E-state index in [9.17, 15) is 0 Å². The van der Waals surface area contributed by atoms with Crippen molar-refractivity contribution < 1.29 is 0 Å². The van der Waals surface area contributed by atoms with E-state index < -0.39 is 0 Å². The van der Waals surface area contributed by atoms with E-state index in [1.807, 2.05) is 0 Å². The van der Waals surface area contributed by atoms with Gasteiger partial charge in [-0.3, -0.25) is 4.90 Å². The lowest BCUT2D eigenvalue weighted by atomic mass is 9.90. The van der Waals surface area contributed by atoms with Gasteiger partial charge in [0.1, 0.15) is 0 Å². The Labute approximate surface area is 110 Å². The van der Waals surface area contributed by atoms with Crippen molar-refractivity contribution in [2.24, 2.45) is 5.92 Å². The van der Waals surface area contributed by atoms with E-state index in [1.54, 1.807) is 0 Å². The zero-order chi connectivity index (χ0) is 12.2. The molecule has 0 unspecified atom stereocenters. The van der Waals surface area contributed by atoms with Gasteiger partial charge in [-0.15, -0.1) is 0 Å². The van der Waals surface area contributed by atoms with Crippen LogP contribution >= 0.6 is 0 Å². The van der Waals surface area contributed by atoms with Gasteiger partial charge in [0.25, 0.3) is 0 Å².